The molecule has 0 atom stereocenters. The summed E-state index contributed by atoms with van der Waals surface area (Å²) in [4.78, 5) is 0. The molecule has 0 aliphatic rings. The lowest BCUT2D eigenvalue weighted by Crippen LogP contribution is -2.05. The second-order valence-corrected chi connectivity index (χ2v) is 7.11. The summed E-state index contributed by atoms with van der Waals surface area (Å²) in [7, 11) is 0. The van der Waals surface area contributed by atoms with Crippen molar-refractivity contribution in [1.29, 1.82) is 0 Å². The number of rotatable bonds is 5. The van der Waals surface area contributed by atoms with Crippen LogP contribution in [0.25, 0.3) is 11.1 Å². The van der Waals surface area contributed by atoms with Crippen LogP contribution in [0.1, 0.15) is 11.1 Å². The van der Waals surface area contributed by atoms with E-state index in [2.05, 4.69) is 10.2 Å². The smallest absolute Gasteiger partial charge is 0.180 e. The van der Waals surface area contributed by atoms with Gasteiger partial charge in [-0.15, -0.1) is 5.10 Å². The van der Waals surface area contributed by atoms with E-state index in [0.717, 1.165) is 22.4 Å². The van der Waals surface area contributed by atoms with E-state index in [1.807, 2.05) is 54.6 Å². The topological polar surface area (TPSA) is 50.7 Å². The van der Waals surface area contributed by atoms with Gasteiger partial charge in [0.05, 0.1) is 11.2 Å². The minimum absolute atomic E-state index is 0.114. The molecule has 3 rings (SSSR count). The third-order valence-electron chi connectivity index (χ3n) is 3.76. The van der Waals surface area contributed by atoms with Gasteiger partial charge in [-0.2, -0.15) is 5.10 Å². The second-order valence-electron chi connectivity index (χ2n) is 5.71. The molecule has 3 aromatic carbocycles. The molecule has 0 fully saturated rings. The standard InChI is InChI=1S/C21H17ClFN3S/c22-19-11-10-18(12-20(19)23)17-8-6-15(7-9-17)13-25-26-21(24)27-14-16-4-2-1-3-5-16/h1-13H,14H2,(H2,24,26). The zero-order valence-corrected chi connectivity index (χ0v) is 15.9. The van der Waals surface area contributed by atoms with Crippen molar-refractivity contribution >= 4 is 34.7 Å². The summed E-state index contributed by atoms with van der Waals surface area (Å²) in [6.07, 6.45) is 1.63. The maximum Gasteiger partial charge on any atom is 0.180 e. The number of benzene rings is 3. The first kappa shape index (κ1) is 19.1. The summed E-state index contributed by atoms with van der Waals surface area (Å²) in [6.45, 7) is 0. The molecule has 2 N–H and O–H groups in total. The summed E-state index contributed by atoms with van der Waals surface area (Å²) < 4.78 is 13.6. The van der Waals surface area contributed by atoms with Gasteiger partial charge < -0.3 is 5.73 Å². The molecule has 0 saturated heterocycles. The molecule has 0 radical (unpaired) electrons. The predicted octanol–water partition coefficient (Wildman–Crippen LogP) is 5.73. The molecule has 0 aliphatic carbocycles. The Balaban J connectivity index is 1.59. The van der Waals surface area contributed by atoms with Gasteiger partial charge in [0.2, 0.25) is 0 Å². The summed E-state index contributed by atoms with van der Waals surface area (Å²) in [5.74, 6) is 0.315. The Kier molecular flexibility index (Phi) is 6.63. The van der Waals surface area contributed by atoms with E-state index >= 15 is 0 Å². The molecule has 27 heavy (non-hydrogen) atoms. The molecule has 0 heterocycles. The molecule has 136 valence electrons. The highest BCUT2D eigenvalue weighted by molar-refractivity contribution is 8.13. The number of hydrogen-bond donors (Lipinski definition) is 1. The Labute approximate surface area is 166 Å². The normalized spacial score (nSPS) is 11.9. The van der Waals surface area contributed by atoms with Gasteiger partial charge in [0.15, 0.2) is 5.17 Å². The minimum atomic E-state index is -0.433. The van der Waals surface area contributed by atoms with Crippen LogP contribution in [-0.2, 0) is 5.75 Å². The Bertz CT molecular complexity index is 957. The number of halogens is 2. The van der Waals surface area contributed by atoms with Crippen molar-refractivity contribution in [3.63, 3.8) is 0 Å². The molecule has 0 bridgehead atoms. The van der Waals surface area contributed by atoms with Gasteiger partial charge in [0.25, 0.3) is 0 Å². The first-order valence-corrected chi connectivity index (χ1v) is 9.57. The van der Waals surface area contributed by atoms with Gasteiger partial charge in [-0.3, -0.25) is 0 Å². The minimum Gasteiger partial charge on any atom is -0.377 e. The van der Waals surface area contributed by atoms with E-state index in [9.17, 15) is 4.39 Å². The van der Waals surface area contributed by atoms with Crippen LogP contribution in [0.5, 0.6) is 0 Å². The fourth-order valence-corrected chi connectivity index (χ4v) is 3.08. The number of hydrogen-bond acceptors (Lipinski definition) is 3. The van der Waals surface area contributed by atoms with Gasteiger partial charge in [0.1, 0.15) is 5.82 Å². The van der Waals surface area contributed by atoms with Crippen LogP contribution in [0.2, 0.25) is 5.02 Å². The summed E-state index contributed by atoms with van der Waals surface area (Å²) in [5, 5.41) is 8.54. The first-order chi connectivity index (χ1) is 13.1. The van der Waals surface area contributed by atoms with Crippen molar-refractivity contribution in [3.8, 4) is 11.1 Å². The monoisotopic (exact) mass is 397 g/mol. The zero-order chi connectivity index (χ0) is 19.1. The summed E-state index contributed by atoms with van der Waals surface area (Å²) in [6, 6.07) is 22.3. The lowest BCUT2D eigenvalue weighted by Gasteiger charge is -2.03. The number of nitrogens with zero attached hydrogens (tertiary/aromatic N) is 2. The highest BCUT2D eigenvalue weighted by Gasteiger charge is 2.03. The molecular formula is C21H17ClFN3S. The number of thioether (sulfide) groups is 1. The number of amidine groups is 1. The van der Waals surface area contributed by atoms with E-state index in [0.29, 0.717) is 5.17 Å². The quantitative estimate of drug-likeness (QED) is 0.339. The van der Waals surface area contributed by atoms with Gasteiger partial charge in [0, 0.05) is 5.75 Å². The lowest BCUT2D eigenvalue weighted by atomic mass is 10.0. The van der Waals surface area contributed by atoms with Gasteiger partial charge in [-0.25, -0.2) is 4.39 Å². The maximum absolute atomic E-state index is 13.6. The molecule has 0 saturated carbocycles. The third-order valence-corrected chi connectivity index (χ3v) is 4.92. The van der Waals surface area contributed by atoms with Gasteiger partial charge >= 0.3 is 0 Å². The Morgan fingerprint density at radius 3 is 2.41 bits per heavy atom. The van der Waals surface area contributed by atoms with Crippen LogP contribution < -0.4 is 5.73 Å². The van der Waals surface area contributed by atoms with Crippen molar-refractivity contribution in [2.24, 2.45) is 15.9 Å². The van der Waals surface area contributed by atoms with Crippen LogP contribution >= 0.6 is 23.4 Å². The third kappa shape index (κ3) is 5.67. The van der Waals surface area contributed by atoms with E-state index in [1.165, 1.54) is 23.4 Å². The molecule has 0 unspecified atom stereocenters. The van der Waals surface area contributed by atoms with Crippen molar-refractivity contribution in [3.05, 3.63) is 94.8 Å². The molecule has 0 amide bonds. The van der Waals surface area contributed by atoms with E-state index in [-0.39, 0.29) is 5.02 Å². The van der Waals surface area contributed by atoms with Gasteiger partial charge in [-0.1, -0.05) is 84.0 Å². The second kappa shape index (κ2) is 9.35. The fourth-order valence-electron chi connectivity index (χ4n) is 2.35. The fraction of sp³-hybridized carbons (Fsp3) is 0.0476. The largest absolute Gasteiger partial charge is 0.377 e. The van der Waals surface area contributed by atoms with Crippen LogP contribution in [0.4, 0.5) is 4.39 Å². The van der Waals surface area contributed by atoms with Crippen molar-refractivity contribution < 1.29 is 4.39 Å². The molecule has 0 aliphatic heterocycles. The van der Waals surface area contributed by atoms with Crippen LogP contribution in [0.15, 0.2) is 83.0 Å². The summed E-state index contributed by atoms with van der Waals surface area (Å²) in [5.41, 5.74) is 9.57. The van der Waals surface area contributed by atoms with Gasteiger partial charge in [-0.05, 0) is 34.4 Å². The Morgan fingerprint density at radius 1 is 1.00 bits per heavy atom. The molecule has 0 aromatic heterocycles. The van der Waals surface area contributed by atoms with Crippen LogP contribution in [0.3, 0.4) is 0 Å². The highest BCUT2D eigenvalue weighted by Crippen LogP contribution is 2.24. The first-order valence-electron chi connectivity index (χ1n) is 8.20. The molecular weight excluding hydrogens is 381 g/mol. The average molecular weight is 398 g/mol. The average Bonchev–Trinajstić information content (AvgIpc) is 2.70. The van der Waals surface area contributed by atoms with E-state index < -0.39 is 5.82 Å². The summed E-state index contributed by atoms with van der Waals surface area (Å²) >= 11 is 7.15. The molecule has 3 aromatic rings. The van der Waals surface area contributed by atoms with Crippen molar-refractivity contribution in [2.45, 2.75) is 5.75 Å². The Morgan fingerprint density at radius 2 is 1.70 bits per heavy atom. The Hall–Kier alpha value is -2.63. The molecule has 0 spiro atoms. The maximum atomic E-state index is 13.6. The number of nitrogens with two attached hydrogens (primary N) is 1. The molecule has 3 nitrogen and oxygen atoms in total. The van der Waals surface area contributed by atoms with Crippen LogP contribution in [0, 0.1) is 5.82 Å². The highest BCUT2D eigenvalue weighted by atomic mass is 35.5. The van der Waals surface area contributed by atoms with Crippen molar-refractivity contribution in [2.75, 3.05) is 0 Å². The zero-order valence-electron chi connectivity index (χ0n) is 14.3. The lowest BCUT2D eigenvalue weighted by molar-refractivity contribution is 0.629. The van der Waals surface area contributed by atoms with Crippen LogP contribution in [-0.4, -0.2) is 11.4 Å². The molecule has 6 heteroatoms. The SMILES string of the molecule is NC(=NN=Cc1ccc(-c2ccc(Cl)c(F)c2)cc1)SCc1ccccc1. The predicted molar refractivity (Wildman–Crippen MR) is 114 cm³/mol. The van der Waals surface area contributed by atoms with Crippen molar-refractivity contribution in [1.82, 2.24) is 0 Å². The van der Waals surface area contributed by atoms with E-state index in [4.69, 9.17) is 17.3 Å². The van der Waals surface area contributed by atoms with E-state index in [1.54, 1.807) is 18.3 Å².